The number of para-hydroxylation sites is 2. The Bertz CT molecular complexity index is 7090. The largest absolute Gasteiger partial charge is 0.310 e. The standard InChI is InChI=1S/C114H78BN5/c1-114(2,3)93-70-109-111-110(71-93)120(113-101(87-49-29-45-82(63-87)77-35-13-6-14-36-77)67-92(96-52-22-20-42-90(96)74-117)68-102(113)88-50-30-46-83(64-88)78-37-15-7-16-38-78)108-72-94(118-105-55-25-23-53-97(105)98-54-24-26-56-106(98)118)58-60-104(108)115(111)103-59-57-84(79-39-17-8-18-40-79)69-107(103)119(109)112-99(85-47-27-43-80(61-85)75-31-9-4-10-32-75)65-91(95-51-21-19-41-89(95)73-116)66-100(112)86-48-28-44-81(62-86)76-33-11-5-12-34-76/h4-72H,1-3H3. The summed E-state index contributed by atoms with van der Waals surface area (Å²) in [5.74, 6) is 0. The molecule has 0 saturated carbocycles. The van der Waals surface area contributed by atoms with E-state index in [1.165, 1.54) is 10.8 Å². The van der Waals surface area contributed by atoms with E-state index in [9.17, 15) is 10.5 Å². The van der Waals surface area contributed by atoms with Crippen LogP contribution in [-0.4, -0.2) is 11.3 Å². The van der Waals surface area contributed by atoms with Gasteiger partial charge in [-0.05, 0) is 231 Å². The fourth-order valence-electron chi connectivity index (χ4n) is 18.6. The Labute approximate surface area is 700 Å². The number of rotatable bonds is 14. The Balaban J connectivity index is 0.954. The molecule has 5 nitrogen and oxygen atoms in total. The third-order valence-corrected chi connectivity index (χ3v) is 24.4. The second-order valence-electron chi connectivity index (χ2n) is 32.5. The lowest BCUT2D eigenvalue weighted by Gasteiger charge is -2.46. The highest BCUT2D eigenvalue weighted by atomic mass is 15.2. The first-order valence-corrected chi connectivity index (χ1v) is 41.2. The molecular formula is C114H78BN5. The zero-order valence-electron chi connectivity index (χ0n) is 66.7. The van der Waals surface area contributed by atoms with Gasteiger partial charge in [-0.15, -0.1) is 0 Å². The molecule has 1 aromatic heterocycles. The number of anilines is 6. The molecule has 2 aliphatic rings. The van der Waals surface area contributed by atoms with Gasteiger partial charge in [-0.1, -0.05) is 336 Å². The number of aromatic nitrogens is 1. The van der Waals surface area contributed by atoms with Crippen molar-refractivity contribution in [2.75, 3.05) is 9.80 Å². The summed E-state index contributed by atoms with van der Waals surface area (Å²) in [5.41, 5.74) is 37.0. The van der Waals surface area contributed by atoms with Crippen LogP contribution in [0.1, 0.15) is 37.5 Å². The molecule has 19 aromatic rings. The molecule has 0 spiro atoms. The molecule has 0 radical (unpaired) electrons. The van der Waals surface area contributed by atoms with Gasteiger partial charge in [0.15, 0.2) is 0 Å². The summed E-state index contributed by atoms with van der Waals surface area (Å²) >= 11 is 0. The van der Waals surface area contributed by atoms with Crippen LogP contribution in [0.25, 0.3) is 150 Å². The zero-order valence-corrected chi connectivity index (χ0v) is 66.7. The molecule has 6 heteroatoms. The number of benzene rings is 18. The molecule has 0 bridgehead atoms. The third kappa shape index (κ3) is 12.7. The van der Waals surface area contributed by atoms with Crippen LogP contribution >= 0.6 is 0 Å². The van der Waals surface area contributed by atoms with Gasteiger partial charge < -0.3 is 14.4 Å². The van der Waals surface area contributed by atoms with E-state index in [4.69, 9.17) is 0 Å². The SMILES string of the molecule is CC(C)(C)c1cc2c3c(c1)N(c1c(-c4cccc(-c5ccccc5)c4)cc(-c4ccccc4C#N)cc1-c1cccc(-c4ccccc4)c1)c1cc(-n4c5ccccc5c5ccccc54)ccc1B3c1ccc(-c3ccccc3)cc1N2c1c(-c2cccc(-c3ccccc3)c2)cc(-c2ccccc2C#N)cc1-c1cccc(-c2ccccc2)c1. The minimum Gasteiger partial charge on any atom is -0.310 e. The predicted octanol–water partition coefficient (Wildman–Crippen LogP) is 28.2. The molecule has 0 aliphatic carbocycles. The van der Waals surface area contributed by atoms with Crippen LogP contribution in [0.3, 0.4) is 0 Å². The lowest BCUT2D eigenvalue weighted by molar-refractivity contribution is 0.590. The predicted molar refractivity (Wildman–Crippen MR) is 503 cm³/mol. The normalized spacial score (nSPS) is 12.1. The van der Waals surface area contributed by atoms with Crippen molar-refractivity contribution in [1.82, 2.24) is 4.57 Å². The van der Waals surface area contributed by atoms with E-state index in [1.54, 1.807) is 0 Å². The smallest absolute Gasteiger partial charge is 0.252 e. The van der Waals surface area contributed by atoms with Crippen molar-refractivity contribution in [2.24, 2.45) is 0 Å². The van der Waals surface area contributed by atoms with Crippen LogP contribution in [0.5, 0.6) is 0 Å². The lowest BCUT2D eigenvalue weighted by atomic mass is 9.33. The van der Waals surface area contributed by atoms with E-state index in [0.717, 1.165) is 195 Å². The van der Waals surface area contributed by atoms with Crippen molar-refractivity contribution in [1.29, 1.82) is 10.5 Å². The van der Waals surface area contributed by atoms with Crippen molar-refractivity contribution in [3.05, 3.63) is 435 Å². The maximum absolute atomic E-state index is 11.3. The Morgan fingerprint density at radius 3 is 0.917 bits per heavy atom. The lowest BCUT2D eigenvalue weighted by Crippen LogP contribution is -2.61. The van der Waals surface area contributed by atoms with Gasteiger partial charge in [0, 0.05) is 61.5 Å². The molecular weight excluding hydrogens is 1450 g/mol. The number of hydrogen-bond donors (Lipinski definition) is 0. The molecule has 21 rings (SSSR count). The fraction of sp³-hybridized carbons (Fsp3) is 0.0351. The zero-order chi connectivity index (χ0) is 80.5. The van der Waals surface area contributed by atoms with Crippen molar-refractivity contribution < 1.29 is 0 Å². The molecule has 562 valence electrons. The van der Waals surface area contributed by atoms with Gasteiger partial charge in [0.2, 0.25) is 0 Å². The van der Waals surface area contributed by atoms with Gasteiger partial charge in [0.05, 0.1) is 45.7 Å². The first-order valence-electron chi connectivity index (χ1n) is 41.2. The van der Waals surface area contributed by atoms with E-state index in [-0.39, 0.29) is 6.71 Å². The molecule has 2 aliphatic heterocycles. The molecule has 0 fully saturated rings. The van der Waals surface area contributed by atoms with Crippen LogP contribution in [-0.2, 0) is 5.41 Å². The molecule has 0 atom stereocenters. The topological polar surface area (TPSA) is 59.0 Å². The maximum Gasteiger partial charge on any atom is 0.252 e. The van der Waals surface area contributed by atoms with E-state index in [0.29, 0.717) is 11.1 Å². The molecule has 120 heavy (non-hydrogen) atoms. The van der Waals surface area contributed by atoms with Gasteiger partial charge in [0.1, 0.15) is 0 Å². The molecule has 3 heterocycles. The monoisotopic (exact) mass is 1530 g/mol. The van der Waals surface area contributed by atoms with Crippen LogP contribution in [0.15, 0.2) is 419 Å². The summed E-state index contributed by atoms with van der Waals surface area (Å²) in [6.45, 7) is 6.71. The first kappa shape index (κ1) is 72.1. The van der Waals surface area contributed by atoms with Gasteiger partial charge in [-0.25, -0.2) is 0 Å². The van der Waals surface area contributed by atoms with Crippen LogP contribution < -0.4 is 26.2 Å². The number of nitrogens with zero attached hydrogens (tertiary/aromatic N) is 5. The Hall–Kier alpha value is -15.6. The number of nitriles is 2. The summed E-state index contributed by atoms with van der Waals surface area (Å²) in [7, 11) is 0. The molecule has 0 N–H and O–H groups in total. The van der Waals surface area contributed by atoms with E-state index >= 15 is 0 Å². The van der Waals surface area contributed by atoms with Gasteiger partial charge in [-0.2, -0.15) is 10.5 Å². The van der Waals surface area contributed by atoms with E-state index in [2.05, 4.69) is 442 Å². The molecule has 0 unspecified atom stereocenters. The Morgan fingerprint density at radius 1 is 0.242 bits per heavy atom. The van der Waals surface area contributed by atoms with Gasteiger partial charge in [0.25, 0.3) is 6.71 Å². The van der Waals surface area contributed by atoms with Crippen LogP contribution in [0.4, 0.5) is 34.1 Å². The summed E-state index contributed by atoms with van der Waals surface area (Å²) < 4.78 is 2.47. The second kappa shape index (κ2) is 29.9. The quantitative estimate of drug-likeness (QED) is 0.102. The average molecular weight is 1530 g/mol. The highest BCUT2D eigenvalue weighted by molar-refractivity contribution is 7.00. The Kier molecular flexibility index (Phi) is 18.0. The van der Waals surface area contributed by atoms with Crippen molar-refractivity contribution in [2.45, 2.75) is 26.2 Å². The maximum atomic E-state index is 11.3. The van der Waals surface area contributed by atoms with E-state index < -0.39 is 5.41 Å². The summed E-state index contributed by atoms with van der Waals surface area (Å²) in [6.07, 6.45) is 0. The van der Waals surface area contributed by atoms with E-state index in [1.807, 2.05) is 24.3 Å². The molecule has 0 amide bonds. The van der Waals surface area contributed by atoms with Crippen molar-refractivity contribution in [3.63, 3.8) is 0 Å². The highest BCUT2D eigenvalue weighted by Crippen LogP contribution is 2.57. The molecule has 0 saturated heterocycles. The van der Waals surface area contributed by atoms with Gasteiger partial charge >= 0.3 is 0 Å². The minimum absolute atomic E-state index is 0.369. The summed E-state index contributed by atoms with van der Waals surface area (Å²) in [6, 6.07) is 158. The van der Waals surface area contributed by atoms with Crippen LogP contribution in [0.2, 0.25) is 0 Å². The van der Waals surface area contributed by atoms with Crippen molar-refractivity contribution >= 4 is 79.0 Å². The third-order valence-electron chi connectivity index (χ3n) is 24.4. The van der Waals surface area contributed by atoms with Crippen molar-refractivity contribution in [3.8, 4) is 140 Å². The molecule has 18 aromatic carbocycles. The number of hydrogen-bond acceptors (Lipinski definition) is 4. The number of fused-ring (bicyclic) bond motifs is 7. The first-order chi connectivity index (χ1) is 59.1. The Morgan fingerprint density at radius 2 is 0.550 bits per heavy atom. The second-order valence-corrected chi connectivity index (χ2v) is 32.5. The fourth-order valence-corrected chi connectivity index (χ4v) is 18.6. The van der Waals surface area contributed by atoms with Gasteiger partial charge in [-0.3, -0.25) is 0 Å². The average Bonchev–Trinajstić information content (AvgIpc) is 0.719. The summed E-state index contributed by atoms with van der Waals surface area (Å²) in [4.78, 5) is 5.33. The minimum atomic E-state index is -0.468. The van der Waals surface area contributed by atoms with Crippen LogP contribution in [0, 0.1) is 22.7 Å². The highest BCUT2D eigenvalue weighted by Gasteiger charge is 2.47. The summed E-state index contributed by atoms with van der Waals surface area (Å²) in [5, 5.41) is 24.9.